The first kappa shape index (κ1) is 19.0. The van der Waals surface area contributed by atoms with E-state index in [0.717, 1.165) is 33.6 Å². The molecule has 32 heavy (non-hydrogen) atoms. The highest BCUT2D eigenvalue weighted by Crippen LogP contribution is 2.58. The van der Waals surface area contributed by atoms with Crippen molar-refractivity contribution < 1.29 is 14.3 Å². The van der Waals surface area contributed by atoms with Gasteiger partial charge in [0.2, 0.25) is 0 Å². The molecule has 4 aromatic rings. The van der Waals surface area contributed by atoms with E-state index in [9.17, 15) is 4.79 Å². The van der Waals surface area contributed by atoms with Crippen LogP contribution in [0, 0.1) is 6.92 Å². The summed E-state index contributed by atoms with van der Waals surface area (Å²) in [5, 5.41) is 4.08. The van der Waals surface area contributed by atoms with E-state index in [4.69, 9.17) is 21.1 Å². The molecule has 2 aliphatic rings. The number of rotatable bonds is 2. The molecule has 2 heterocycles. The SMILES string of the molecule is Cc1ccc2c(c1Nc1ccccc1Cl)C1(OC2=O)c2ccccc2Oc2ccccc21. The topological polar surface area (TPSA) is 47.6 Å². The molecule has 1 N–H and O–H groups in total. The van der Waals surface area contributed by atoms with Crippen LogP contribution in [0.2, 0.25) is 5.02 Å². The van der Waals surface area contributed by atoms with Crippen molar-refractivity contribution in [3.63, 3.8) is 0 Å². The van der Waals surface area contributed by atoms with Crippen LogP contribution in [0.5, 0.6) is 11.5 Å². The molecule has 0 saturated carbocycles. The van der Waals surface area contributed by atoms with E-state index in [1.165, 1.54) is 0 Å². The van der Waals surface area contributed by atoms with Gasteiger partial charge in [-0.2, -0.15) is 0 Å². The van der Waals surface area contributed by atoms with Crippen LogP contribution >= 0.6 is 11.6 Å². The minimum absolute atomic E-state index is 0.367. The molecule has 156 valence electrons. The monoisotopic (exact) mass is 439 g/mol. The fourth-order valence-electron chi connectivity index (χ4n) is 4.68. The zero-order valence-electron chi connectivity index (χ0n) is 17.2. The first-order chi connectivity index (χ1) is 15.6. The van der Waals surface area contributed by atoms with Crippen molar-refractivity contribution in [2.24, 2.45) is 0 Å². The lowest BCUT2D eigenvalue weighted by atomic mass is 9.76. The van der Waals surface area contributed by atoms with Gasteiger partial charge in [0, 0.05) is 16.7 Å². The number of aryl methyl sites for hydroxylation is 1. The number of ether oxygens (including phenoxy) is 2. The second kappa shape index (κ2) is 6.87. The van der Waals surface area contributed by atoms with Gasteiger partial charge in [-0.05, 0) is 42.8 Å². The average molecular weight is 440 g/mol. The maximum Gasteiger partial charge on any atom is 0.340 e. The van der Waals surface area contributed by atoms with Gasteiger partial charge in [0.05, 0.1) is 22.0 Å². The largest absolute Gasteiger partial charge is 0.456 e. The van der Waals surface area contributed by atoms with Crippen LogP contribution in [0.25, 0.3) is 0 Å². The zero-order chi connectivity index (χ0) is 21.9. The predicted molar refractivity (Wildman–Crippen MR) is 124 cm³/mol. The first-order valence-electron chi connectivity index (χ1n) is 10.4. The average Bonchev–Trinajstić information content (AvgIpc) is 3.10. The number of hydrogen-bond acceptors (Lipinski definition) is 4. The first-order valence-corrected chi connectivity index (χ1v) is 10.7. The maximum absolute atomic E-state index is 13.2. The number of benzene rings is 4. The third-order valence-corrected chi connectivity index (χ3v) is 6.45. The number of fused-ring (bicyclic) bond motifs is 6. The molecule has 0 aromatic heterocycles. The molecule has 0 fully saturated rings. The van der Waals surface area contributed by atoms with Gasteiger partial charge < -0.3 is 14.8 Å². The summed E-state index contributed by atoms with van der Waals surface area (Å²) < 4.78 is 12.5. The smallest absolute Gasteiger partial charge is 0.340 e. The van der Waals surface area contributed by atoms with Gasteiger partial charge in [-0.15, -0.1) is 0 Å². The summed E-state index contributed by atoms with van der Waals surface area (Å²) in [7, 11) is 0. The van der Waals surface area contributed by atoms with Crippen LogP contribution < -0.4 is 10.1 Å². The second-order valence-electron chi connectivity index (χ2n) is 7.95. The summed E-state index contributed by atoms with van der Waals surface area (Å²) in [4.78, 5) is 13.2. The number of anilines is 2. The number of hydrogen-bond donors (Lipinski definition) is 1. The molecule has 5 heteroatoms. The molecule has 1 spiro atoms. The highest BCUT2D eigenvalue weighted by molar-refractivity contribution is 6.33. The Kier molecular flexibility index (Phi) is 4.07. The molecule has 0 saturated heterocycles. The van der Waals surface area contributed by atoms with Gasteiger partial charge in [0.15, 0.2) is 5.60 Å². The van der Waals surface area contributed by atoms with E-state index in [1.54, 1.807) is 0 Å². The summed E-state index contributed by atoms with van der Waals surface area (Å²) in [6.45, 7) is 2.01. The van der Waals surface area contributed by atoms with Gasteiger partial charge in [0.25, 0.3) is 0 Å². The van der Waals surface area contributed by atoms with Crippen molar-refractivity contribution in [1.82, 2.24) is 0 Å². The Labute approximate surface area is 190 Å². The highest BCUT2D eigenvalue weighted by atomic mass is 35.5. The Balaban J connectivity index is 1.70. The Morgan fingerprint density at radius 2 is 1.44 bits per heavy atom. The van der Waals surface area contributed by atoms with Gasteiger partial charge >= 0.3 is 5.97 Å². The van der Waals surface area contributed by atoms with E-state index >= 15 is 0 Å². The van der Waals surface area contributed by atoms with Crippen LogP contribution in [0.4, 0.5) is 11.4 Å². The standard InChI is InChI=1S/C27H18ClNO3/c1-16-14-15-17-24(25(16)29-21-11-5-4-10-20(21)28)27(32-26(17)30)18-8-2-6-12-22(18)31-23-13-7-3-9-19(23)27/h2-15,29H,1H3. The molecule has 0 radical (unpaired) electrons. The number of esters is 1. The van der Waals surface area contributed by atoms with E-state index in [2.05, 4.69) is 5.32 Å². The van der Waals surface area contributed by atoms with E-state index in [0.29, 0.717) is 22.1 Å². The summed E-state index contributed by atoms with van der Waals surface area (Å²) in [5.41, 5.74) is 4.28. The molecule has 0 aliphatic carbocycles. The van der Waals surface area contributed by atoms with Gasteiger partial charge in [-0.3, -0.25) is 0 Å². The van der Waals surface area contributed by atoms with Crippen molar-refractivity contribution in [2.45, 2.75) is 12.5 Å². The van der Waals surface area contributed by atoms with Crippen molar-refractivity contribution in [2.75, 3.05) is 5.32 Å². The van der Waals surface area contributed by atoms with Crippen molar-refractivity contribution >= 4 is 28.9 Å². The van der Waals surface area contributed by atoms with E-state index < -0.39 is 5.60 Å². The summed E-state index contributed by atoms with van der Waals surface area (Å²) >= 11 is 6.46. The third-order valence-electron chi connectivity index (χ3n) is 6.12. The second-order valence-corrected chi connectivity index (χ2v) is 8.36. The molecule has 4 aromatic carbocycles. The number of carbonyl (C=O) groups excluding carboxylic acids is 1. The Bertz CT molecular complexity index is 1370. The normalized spacial score (nSPS) is 14.8. The van der Waals surface area contributed by atoms with Crippen LogP contribution in [0.3, 0.4) is 0 Å². The molecule has 0 amide bonds. The quantitative estimate of drug-likeness (QED) is 0.343. The van der Waals surface area contributed by atoms with Crippen LogP contribution in [-0.2, 0) is 10.3 Å². The lowest BCUT2D eigenvalue weighted by Gasteiger charge is -2.37. The number of nitrogens with one attached hydrogen (secondary N) is 1. The molecule has 0 unspecified atom stereocenters. The van der Waals surface area contributed by atoms with E-state index in [-0.39, 0.29) is 5.97 Å². The number of carbonyl (C=O) groups is 1. The van der Waals surface area contributed by atoms with Crippen molar-refractivity contribution in [3.05, 3.63) is 118 Å². The van der Waals surface area contributed by atoms with Crippen molar-refractivity contribution in [3.8, 4) is 11.5 Å². The van der Waals surface area contributed by atoms with Crippen LogP contribution in [0.1, 0.15) is 32.6 Å². The Morgan fingerprint density at radius 1 is 0.812 bits per heavy atom. The summed E-state index contributed by atoms with van der Waals surface area (Å²) in [6.07, 6.45) is 0. The molecule has 0 bridgehead atoms. The Morgan fingerprint density at radius 3 is 2.12 bits per heavy atom. The zero-order valence-corrected chi connectivity index (χ0v) is 17.9. The highest BCUT2D eigenvalue weighted by Gasteiger charge is 2.55. The lowest BCUT2D eigenvalue weighted by molar-refractivity contribution is 0.0226. The van der Waals surface area contributed by atoms with Gasteiger partial charge in [-0.1, -0.05) is 66.2 Å². The van der Waals surface area contributed by atoms with Crippen LogP contribution in [-0.4, -0.2) is 5.97 Å². The molecule has 4 nitrogen and oxygen atoms in total. The predicted octanol–water partition coefficient (Wildman–Crippen LogP) is 6.96. The molecule has 0 atom stereocenters. The fraction of sp³-hybridized carbons (Fsp3) is 0.0741. The molecule has 6 rings (SSSR count). The van der Waals surface area contributed by atoms with Crippen LogP contribution in [0.15, 0.2) is 84.9 Å². The molecular formula is C27H18ClNO3. The third kappa shape index (κ3) is 2.53. The minimum atomic E-state index is -1.13. The van der Waals surface area contributed by atoms with Gasteiger partial charge in [0.1, 0.15) is 11.5 Å². The number of halogens is 1. The molecular weight excluding hydrogens is 422 g/mol. The molecule has 2 aliphatic heterocycles. The van der Waals surface area contributed by atoms with Crippen molar-refractivity contribution in [1.29, 1.82) is 0 Å². The summed E-state index contributed by atoms with van der Waals surface area (Å²) in [5.74, 6) is 0.961. The Hall–Kier alpha value is -3.76. The van der Waals surface area contributed by atoms with E-state index in [1.807, 2.05) is 91.9 Å². The summed E-state index contributed by atoms with van der Waals surface area (Å²) in [6, 6.07) is 26.7. The minimum Gasteiger partial charge on any atom is -0.456 e. The fourth-order valence-corrected chi connectivity index (χ4v) is 4.86. The maximum atomic E-state index is 13.2. The van der Waals surface area contributed by atoms with Gasteiger partial charge in [-0.25, -0.2) is 4.79 Å². The number of para-hydroxylation sites is 3. The lowest BCUT2D eigenvalue weighted by Crippen LogP contribution is -2.33.